The molecule has 0 amide bonds. The molecule has 0 saturated heterocycles. The van der Waals surface area contributed by atoms with Crippen molar-refractivity contribution >= 4 is 37.6 Å². The van der Waals surface area contributed by atoms with Gasteiger partial charge in [-0.15, -0.1) is 0 Å². The van der Waals surface area contributed by atoms with E-state index in [4.69, 9.17) is 17.3 Å². The third kappa shape index (κ3) is 4.28. The molecule has 0 radical (unpaired) electrons. The maximum Gasteiger partial charge on any atom is 0.242 e. The molecule has 3 N–H and O–H groups in total. The van der Waals surface area contributed by atoms with Gasteiger partial charge in [-0.3, -0.25) is 0 Å². The Labute approximate surface area is 137 Å². The van der Waals surface area contributed by atoms with Gasteiger partial charge in [0, 0.05) is 17.6 Å². The van der Waals surface area contributed by atoms with Gasteiger partial charge in [-0.05, 0) is 29.3 Å². The molecule has 0 bridgehead atoms. The molecule has 0 aliphatic carbocycles. The summed E-state index contributed by atoms with van der Waals surface area (Å²) < 4.78 is 27.7. The summed E-state index contributed by atoms with van der Waals surface area (Å²) in [6, 6.07) is 12.1. The minimum absolute atomic E-state index is 0.0611. The van der Waals surface area contributed by atoms with Crippen LogP contribution in [0.5, 0.6) is 0 Å². The molecule has 2 aromatic rings. The van der Waals surface area contributed by atoms with Gasteiger partial charge in [0.1, 0.15) is 4.90 Å². The number of hydrogen-bond donors (Lipinski definition) is 2. The zero-order valence-corrected chi connectivity index (χ0v) is 14.2. The van der Waals surface area contributed by atoms with E-state index in [2.05, 4.69) is 20.7 Å². The van der Waals surface area contributed by atoms with Crippen LogP contribution in [0.1, 0.15) is 11.1 Å². The van der Waals surface area contributed by atoms with Crippen molar-refractivity contribution in [1.29, 1.82) is 0 Å². The van der Waals surface area contributed by atoms with Gasteiger partial charge in [0.15, 0.2) is 0 Å². The lowest BCUT2D eigenvalue weighted by molar-refractivity contribution is 0.581. The van der Waals surface area contributed by atoms with Crippen LogP contribution in [0.3, 0.4) is 0 Å². The average molecular weight is 390 g/mol. The van der Waals surface area contributed by atoms with E-state index in [0.29, 0.717) is 6.54 Å². The van der Waals surface area contributed by atoms with Crippen molar-refractivity contribution in [1.82, 2.24) is 4.72 Å². The van der Waals surface area contributed by atoms with E-state index < -0.39 is 10.0 Å². The molecule has 0 aromatic heterocycles. The Morgan fingerprint density at radius 2 is 1.71 bits per heavy atom. The molecule has 0 saturated carbocycles. The van der Waals surface area contributed by atoms with Crippen molar-refractivity contribution in [2.45, 2.75) is 18.0 Å². The van der Waals surface area contributed by atoms with Crippen molar-refractivity contribution in [3.63, 3.8) is 0 Å². The lowest BCUT2D eigenvalue weighted by Gasteiger charge is -2.09. The minimum Gasteiger partial charge on any atom is -0.326 e. The van der Waals surface area contributed by atoms with E-state index in [9.17, 15) is 8.42 Å². The molecular weight excluding hydrogens is 376 g/mol. The first-order chi connectivity index (χ1) is 9.92. The van der Waals surface area contributed by atoms with Crippen molar-refractivity contribution in [3.8, 4) is 0 Å². The summed E-state index contributed by atoms with van der Waals surface area (Å²) in [5.41, 5.74) is 7.37. The van der Waals surface area contributed by atoms with Gasteiger partial charge in [-0.25, -0.2) is 13.1 Å². The summed E-state index contributed by atoms with van der Waals surface area (Å²) >= 11 is 9.21. The molecule has 7 heteroatoms. The molecule has 0 unspecified atom stereocenters. The van der Waals surface area contributed by atoms with Crippen LogP contribution >= 0.6 is 27.5 Å². The van der Waals surface area contributed by atoms with Gasteiger partial charge in [-0.2, -0.15) is 0 Å². The summed E-state index contributed by atoms with van der Waals surface area (Å²) in [7, 11) is -3.65. The van der Waals surface area contributed by atoms with Crippen LogP contribution in [0.2, 0.25) is 5.02 Å². The normalized spacial score (nSPS) is 11.6. The smallest absolute Gasteiger partial charge is 0.242 e. The van der Waals surface area contributed by atoms with Crippen LogP contribution < -0.4 is 10.5 Å². The lowest BCUT2D eigenvalue weighted by atomic mass is 10.1. The second-order valence-corrected chi connectivity index (χ2v) is 7.48. The van der Waals surface area contributed by atoms with Gasteiger partial charge >= 0.3 is 0 Å². The van der Waals surface area contributed by atoms with E-state index >= 15 is 0 Å². The van der Waals surface area contributed by atoms with Crippen LogP contribution in [0.25, 0.3) is 0 Å². The van der Waals surface area contributed by atoms with Crippen molar-refractivity contribution < 1.29 is 8.42 Å². The maximum atomic E-state index is 12.2. The van der Waals surface area contributed by atoms with Gasteiger partial charge < -0.3 is 5.73 Å². The zero-order valence-electron chi connectivity index (χ0n) is 11.0. The highest BCUT2D eigenvalue weighted by Crippen LogP contribution is 2.25. The highest BCUT2D eigenvalue weighted by molar-refractivity contribution is 9.10. The molecule has 4 nitrogen and oxygen atoms in total. The minimum atomic E-state index is -3.65. The second kappa shape index (κ2) is 6.89. The van der Waals surface area contributed by atoms with Crippen molar-refractivity contribution in [3.05, 3.63) is 63.1 Å². The topological polar surface area (TPSA) is 72.2 Å². The predicted octanol–water partition coefficient (Wildman–Crippen LogP) is 3.04. The van der Waals surface area contributed by atoms with E-state index in [1.807, 2.05) is 24.3 Å². The molecular formula is C14H14BrClN2O2S. The monoisotopic (exact) mass is 388 g/mol. The Kier molecular flexibility index (Phi) is 5.40. The highest BCUT2D eigenvalue weighted by Gasteiger charge is 2.17. The molecule has 2 rings (SSSR count). The van der Waals surface area contributed by atoms with Gasteiger partial charge in [0.25, 0.3) is 0 Å². The van der Waals surface area contributed by atoms with Crippen LogP contribution in [0, 0.1) is 0 Å². The quantitative estimate of drug-likeness (QED) is 0.825. The molecule has 0 spiro atoms. The van der Waals surface area contributed by atoms with Crippen LogP contribution in [-0.4, -0.2) is 8.42 Å². The molecule has 0 atom stereocenters. The number of benzene rings is 2. The molecule has 0 heterocycles. The van der Waals surface area contributed by atoms with E-state index in [-0.39, 0.29) is 16.5 Å². The first kappa shape index (κ1) is 16.5. The third-order valence-electron chi connectivity index (χ3n) is 2.91. The van der Waals surface area contributed by atoms with Crippen molar-refractivity contribution in [2.75, 3.05) is 0 Å². The molecule has 0 aliphatic heterocycles. The number of rotatable bonds is 5. The van der Waals surface area contributed by atoms with Crippen molar-refractivity contribution in [2.24, 2.45) is 5.73 Å². The second-order valence-electron chi connectivity index (χ2n) is 4.42. The van der Waals surface area contributed by atoms with E-state index in [1.165, 1.54) is 6.07 Å². The summed E-state index contributed by atoms with van der Waals surface area (Å²) in [5.74, 6) is 0. The Bertz CT molecular complexity index is 733. The fourth-order valence-corrected chi connectivity index (χ4v) is 3.80. The van der Waals surface area contributed by atoms with Gasteiger partial charge in [0.2, 0.25) is 10.0 Å². The summed E-state index contributed by atoms with van der Waals surface area (Å²) in [6.07, 6.45) is 0. The largest absolute Gasteiger partial charge is 0.326 e. The zero-order chi connectivity index (χ0) is 15.5. The fourth-order valence-electron chi connectivity index (χ4n) is 1.74. The number of sulfonamides is 1. The molecule has 0 aliphatic rings. The highest BCUT2D eigenvalue weighted by atomic mass is 79.9. The van der Waals surface area contributed by atoms with Gasteiger partial charge in [-0.1, -0.05) is 51.8 Å². The van der Waals surface area contributed by atoms with Crippen LogP contribution in [0.15, 0.2) is 51.8 Å². The number of nitrogens with two attached hydrogens (primary N) is 1. The first-order valence-corrected chi connectivity index (χ1v) is 8.80. The molecule has 21 heavy (non-hydrogen) atoms. The molecule has 0 fully saturated rings. The fraction of sp³-hybridized carbons (Fsp3) is 0.143. The Hall–Kier alpha value is -0.920. The van der Waals surface area contributed by atoms with Crippen LogP contribution in [0.4, 0.5) is 0 Å². The summed E-state index contributed by atoms with van der Waals surface area (Å²) in [5, 5.41) is 0.176. The Morgan fingerprint density at radius 3 is 2.29 bits per heavy atom. The predicted molar refractivity (Wildman–Crippen MR) is 87.5 cm³/mol. The Balaban J connectivity index is 2.13. The number of hydrogen-bond acceptors (Lipinski definition) is 3. The molecule has 2 aromatic carbocycles. The first-order valence-electron chi connectivity index (χ1n) is 6.15. The SMILES string of the molecule is NCc1ccc(CNS(=O)(=O)c2ccc(Br)cc2Cl)cc1. The molecule has 112 valence electrons. The Morgan fingerprint density at radius 1 is 1.10 bits per heavy atom. The summed E-state index contributed by atoms with van der Waals surface area (Å²) in [4.78, 5) is 0.0611. The van der Waals surface area contributed by atoms with E-state index in [0.717, 1.165) is 15.6 Å². The maximum absolute atomic E-state index is 12.2. The van der Waals surface area contributed by atoms with Crippen LogP contribution in [-0.2, 0) is 23.1 Å². The van der Waals surface area contributed by atoms with Gasteiger partial charge in [0.05, 0.1) is 5.02 Å². The standard InChI is InChI=1S/C14H14BrClN2O2S/c15-12-5-6-14(13(16)7-12)21(19,20)18-9-11-3-1-10(8-17)2-4-11/h1-7,18H,8-9,17H2. The summed E-state index contributed by atoms with van der Waals surface area (Å²) in [6.45, 7) is 0.653. The third-order valence-corrected chi connectivity index (χ3v) is 5.29. The number of halogens is 2. The van der Waals surface area contributed by atoms with E-state index in [1.54, 1.807) is 12.1 Å². The average Bonchev–Trinajstić information content (AvgIpc) is 2.45. The number of nitrogens with one attached hydrogen (secondary N) is 1. The lowest BCUT2D eigenvalue weighted by Crippen LogP contribution is -2.23.